The normalized spacial score (nSPS) is 10.7. The first-order valence-electron chi connectivity index (χ1n) is 5.28. The van der Waals surface area contributed by atoms with E-state index in [1.54, 1.807) is 6.92 Å². The maximum Gasteiger partial charge on any atom is 0.358 e. The van der Waals surface area contributed by atoms with Gasteiger partial charge in [0.15, 0.2) is 5.69 Å². The third-order valence-corrected chi connectivity index (χ3v) is 3.39. The fourth-order valence-corrected chi connectivity index (χ4v) is 2.70. The van der Waals surface area contributed by atoms with E-state index in [2.05, 4.69) is 26.2 Å². The Bertz CT molecular complexity index is 636. The largest absolute Gasteiger partial charge is 0.476 e. The SMILES string of the molecule is CCc1c(C(=O)O)nnn1-c1c(Cl)cc(F)cc1Br. The second-order valence-corrected chi connectivity index (χ2v) is 4.93. The maximum absolute atomic E-state index is 13.2. The minimum absolute atomic E-state index is 0.114. The van der Waals surface area contributed by atoms with Gasteiger partial charge < -0.3 is 5.11 Å². The van der Waals surface area contributed by atoms with Crippen LogP contribution in [0.5, 0.6) is 0 Å². The summed E-state index contributed by atoms with van der Waals surface area (Å²) in [5, 5.41) is 16.5. The van der Waals surface area contributed by atoms with Crippen molar-refractivity contribution in [3.63, 3.8) is 0 Å². The number of carbonyl (C=O) groups is 1. The van der Waals surface area contributed by atoms with Crippen molar-refractivity contribution in [3.05, 3.63) is 38.8 Å². The zero-order chi connectivity index (χ0) is 14.2. The van der Waals surface area contributed by atoms with Crippen molar-refractivity contribution in [3.8, 4) is 5.69 Å². The minimum Gasteiger partial charge on any atom is -0.476 e. The summed E-state index contributed by atoms with van der Waals surface area (Å²) in [6.07, 6.45) is 0.398. The Morgan fingerprint density at radius 2 is 2.26 bits per heavy atom. The van der Waals surface area contributed by atoms with Gasteiger partial charge in [-0.25, -0.2) is 13.9 Å². The van der Waals surface area contributed by atoms with Crippen LogP contribution in [0.25, 0.3) is 5.69 Å². The lowest BCUT2D eigenvalue weighted by molar-refractivity contribution is 0.0689. The summed E-state index contributed by atoms with van der Waals surface area (Å²) in [5.74, 6) is -1.67. The summed E-state index contributed by atoms with van der Waals surface area (Å²) in [6, 6.07) is 2.35. The molecule has 1 N–H and O–H groups in total. The highest BCUT2D eigenvalue weighted by Gasteiger charge is 2.21. The smallest absolute Gasteiger partial charge is 0.358 e. The van der Waals surface area contributed by atoms with Gasteiger partial charge >= 0.3 is 5.97 Å². The van der Waals surface area contributed by atoms with Crippen molar-refractivity contribution in [1.82, 2.24) is 15.0 Å². The molecule has 1 heterocycles. The third kappa shape index (κ3) is 2.48. The van der Waals surface area contributed by atoms with E-state index in [4.69, 9.17) is 16.7 Å². The monoisotopic (exact) mass is 347 g/mol. The lowest BCUT2D eigenvalue weighted by atomic mass is 10.2. The molecule has 0 radical (unpaired) electrons. The number of hydrogen-bond acceptors (Lipinski definition) is 3. The van der Waals surface area contributed by atoms with Gasteiger partial charge in [0.1, 0.15) is 5.82 Å². The highest BCUT2D eigenvalue weighted by Crippen LogP contribution is 2.31. The fourth-order valence-electron chi connectivity index (χ4n) is 1.70. The third-order valence-electron chi connectivity index (χ3n) is 2.49. The highest BCUT2D eigenvalue weighted by molar-refractivity contribution is 9.10. The van der Waals surface area contributed by atoms with Crippen LogP contribution in [0.2, 0.25) is 5.02 Å². The first kappa shape index (κ1) is 14.0. The molecular weight excluding hydrogens is 340 g/mol. The Morgan fingerprint density at radius 3 is 2.79 bits per heavy atom. The number of aromatic nitrogens is 3. The molecule has 0 aliphatic heterocycles. The number of carboxylic acid groups (broad SMARTS) is 1. The molecule has 1 aromatic carbocycles. The molecule has 100 valence electrons. The van der Waals surface area contributed by atoms with Crippen molar-refractivity contribution >= 4 is 33.5 Å². The number of carboxylic acids is 1. The van der Waals surface area contributed by atoms with Crippen LogP contribution in [0.3, 0.4) is 0 Å². The number of benzene rings is 1. The van der Waals surface area contributed by atoms with Crippen LogP contribution in [0.4, 0.5) is 4.39 Å². The lowest BCUT2D eigenvalue weighted by Gasteiger charge is -2.09. The molecule has 0 aliphatic rings. The molecule has 19 heavy (non-hydrogen) atoms. The Hall–Kier alpha value is -1.47. The van der Waals surface area contributed by atoms with Gasteiger partial charge in [-0.05, 0) is 34.5 Å². The maximum atomic E-state index is 13.2. The standard InChI is InChI=1S/C11H8BrClFN3O2/c1-2-8-9(11(18)19)15-16-17(8)10-6(12)3-5(14)4-7(10)13/h3-4H,2H2,1H3,(H,18,19). The molecule has 0 fully saturated rings. The lowest BCUT2D eigenvalue weighted by Crippen LogP contribution is -2.07. The van der Waals surface area contributed by atoms with Gasteiger partial charge in [0.05, 0.1) is 16.4 Å². The molecule has 0 unspecified atom stereocenters. The van der Waals surface area contributed by atoms with Gasteiger partial charge in [-0.3, -0.25) is 0 Å². The molecule has 1 aromatic heterocycles. The first-order chi connectivity index (χ1) is 8.95. The Balaban J connectivity index is 2.69. The molecule has 0 bridgehead atoms. The molecule has 2 rings (SSSR count). The summed E-state index contributed by atoms with van der Waals surface area (Å²) in [6.45, 7) is 1.77. The van der Waals surface area contributed by atoms with E-state index in [-0.39, 0.29) is 10.7 Å². The van der Waals surface area contributed by atoms with Crippen molar-refractivity contribution in [2.75, 3.05) is 0 Å². The number of hydrogen-bond donors (Lipinski definition) is 1. The Morgan fingerprint density at radius 1 is 1.58 bits per heavy atom. The summed E-state index contributed by atoms with van der Waals surface area (Å²) in [5.41, 5.74) is 0.608. The quantitative estimate of drug-likeness (QED) is 0.925. The Labute approximate surface area is 121 Å². The summed E-state index contributed by atoms with van der Waals surface area (Å²) in [4.78, 5) is 11.0. The van der Waals surface area contributed by atoms with Gasteiger partial charge in [-0.2, -0.15) is 0 Å². The van der Waals surface area contributed by atoms with E-state index in [0.29, 0.717) is 22.3 Å². The van der Waals surface area contributed by atoms with Crippen LogP contribution in [-0.4, -0.2) is 26.1 Å². The van der Waals surface area contributed by atoms with E-state index in [0.717, 1.165) is 6.07 Å². The molecule has 0 saturated carbocycles. The second-order valence-electron chi connectivity index (χ2n) is 3.67. The van der Waals surface area contributed by atoms with Crippen molar-refractivity contribution in [2.24, 2.45) is 0 Å². The average Bonchev–Trinajstić information content (AvgIpc) is 2.71. The zero-order valence-electron chi connectivity index (χ0n) is 9.69. The average molecular weight is 349 g/mol. The van der Waals surface area contributed by atoms with Crippen LogP contribution < -0.4 is 0 Å². The second kappa shape index (κ2) is 5.26. The summed E-state index contributed by atoms with van der Waals surface area (Å²) >= 11 is 9.16. The molecule has 5 nitrogen and oxygen atoms in total. The van der Waals surface area contributed by atoms with Crippen LogP contribution in [0.15, 0.2) is 16.6 Å². The van der Waals surface area contributed by atoms with Gasteiger partial charge in [-0.15, -0.1) is 5.10 Å². The van der Waals surface area contributed by atoms with Gasteiger partial charge in [0.2, 0.25) is 0 Å². The van der Waals surface area contributed by atoms with Crippen molar-refractivity contribution in [1.29, 1.82) is 0 Å². The van der Waals surface area contributed by atoms with Crippen LogP contribution in [0.1, 0.15) is 23.1 Å². The van der Waals surface area contributed by atoms with Crippen LogP contribution in [-0.2, 0) is 6.42 Å². The number of rotatable bonds is 3. The predicted octanol–water partition coefficient (Wildman–Crippen LogP) is 3.08. The van der Waals surface area contributed by atoms with Gasteiger partial charge in [0, 0.05) is 4.47 Å². The number of aromatic carboxylic acids is 1. The molecule has 0 atom stereocenters. The van der Waals surface area contributed by atoms with Crippen LogP contribution in [0, 0.1) is 5.82 Å². The molecule has 0 saturated heterocycles. The van der Waals surface area contributed by atoms with Gasteiger partial charge in [0.25, 0.3) is 0 Å². The number of halogens is 3. The Kier molecular flexibility index (Phi) is 3.86. The van der Waals surface area contributed by atoms with E-state index in [9.17, 15) is 9.18 Å². The van der Waals surface area contributed by atoms with Crippen molar-refractivity contribution < 1.29 is 14.3 Å². The zero-order valence-corrected chi connectivity index (χ0v) is 12.0. The molecule has 8 heteroatoms. The highest BCUT2D eigenvalue weighted by atomic mass is 79.9. The number of nitrogens with zero attached hydrogens (tertiary/aromatic N) is 3. The van der Waals surface area contributed by atoms with E-state index in [1.807, 2.05) is 0 Å². The summed E-state index contributed by atoms with van der Waals surface area (Å²) < 4.78 is 14.9. The van der Waals surface area contributed by atoms with Gasteiger partial charge in [-0.1, -0.05) is 23.7 Å². The first-order valence-corrected chi connectivity index (χ1v) is 6.45. The minimum atomic E-state index is -1.17. The van der Waals surface area contributed by atoms with E-state index in [1.165, 1.54) is 10.7 Å². The molecule has 2 aromatic rings. The molecular formula is C11H8BrClFN3O2. The van der Waals surface area contributed by atoms with Crippen LogP contribution >= 0.6 is 27.5 Å². The topological polar surface area (TPSA) is 68.0 Å². The molecule has 0 amide bonds. The van der Waals surface area contributed by atoms with E-state index >= 15 is 0 Å². The molecule has 0 spiro atoms. The van der Waals surface area contributed by atoms with E-state index < -0.39 is 11.8 Å². The summed E-state index contributed by atoms with van der Waals surface area (Å²) in [7, 11) is 0. The fraction of sp³-hybridized carbons (Fsp3) is 0.182. The molecule has 0 aliphatic carbocycles. The van der Waals surface area contributed by atoms with Crippen molar-refractivity contribution in [2.45, 2.75) is 13.3 Å². The predicted molar refractivity (Wildman–Crippen MR) is 70.4 cm³/mol.